The zero-order valence-electron chi connectivity index (χ0n) is 16.9. The highest BCUT2D eigenvalue weighted by Gasteiger charge is 2.28. The Labute approximate surface area is 182 Å². The molecule has 1 N–H and O–H groups in total. The largest absolute Gasteiger partial charge is 0.372 e. The number of hydrogen-bond donors (Lipinski definition) is 1. The summed E-state index contributed by atoms with van der Waals surface area (Å²) in [6.07, 6.45) is 2.51. The molecule has 1 amide bonds. The van der Waals surface area contributed by atoms with Gasteiger partial charge in [-0.1, -0.05) is 11.6 Å². The topological polar surface area (TPSA) is 70.5 Å². The summed E-state index contributed by atoms with van der Waals surface area (Å²) in [4.78, 5) is 26.8. The number of halogens is 4. The molecule has 1 aromatic carbocycles. The van der Waals surface area contributed by atoms with E-state index in [4.69, 9.17) is 11.6 Å². The Morgan fingerprint density at radius 3 is 2.71 bits per heavy atom. The molecule has 0 bridgehead atoms. The van der Waals surface area contributed by atoms with Crippen molar-refractivity contribution in [3.8, 4) is 0 Å². The van der Waals surface area contributed by atoms with Crippen LogP contribution in [0.2, 0.25) is 5.02 Å². The van der Waals surface area contributed by atoms with E-state index in [1.807, 2.05) is 0 Å². The number of aromatic nitrogens is 2. The molecule has 1 aromatic heterocycles. The standard InChI is InChI=1S/C20H23ClF3N5O2/c1-27-19(31)16(4-7-26-27)25-11-18(30)28-8-5-13(6-9-28)12-29(20(23)24)17-10-14(22)2-3-15(17)21/h2-4,7,10,13,20,25H,5-6,8-9,11-12H2,1H3. The maximum atomic E-state index is 13.6. The van der Waals surface area contributed by atoms with E-state index in [1.54, 1.807) is 4.90 Å². The molecule has 0 spiro atoms. The van der Waals surface area contributed by atoms with Gasteiger partial charge >= 0.3 is 6.55 Å². The van der Waals surface area contributed by atoms with E-state index >= 15 is 0 Å². The third-order valence-electron chi connectivity index (χ3n) is 5.31. The first-order chi connectivity index (χ1) is 14.8. The molecule has 0 radical (unpaired) electrons. The summed E-state index contributed by atoms with van der Waals surface area (Å²) in [6, 6.07) is 4.88. The molecule has 2 aromatic rings. The molecule has 0 atom stereocenters. The van der Waals surface area contributed by atoms with E-state index < -0.39 is 12.4 Å². The van der Waals surface area contributed by atoms with E-state index in [0.29, 0.717) is 25.9 Å². The molecular formula is C20H23ClF3N5O2. The molecule has 11 heteroatoms. The van der Waals surface area contributed by atoms with Crippen LogP contribution in [-0.4, -0.2) is 53.3 Å². The number of piperidine rings is 1. The highest BCUT2D eigenvalue weighted by molar-refractivity contribution is 6.33. The van der Waals surface area contributed by atoms with Crippen molar-refractivity contribution < 1.29 is 18.0 Å². The van der Waals surface area contributed by atoms with Gasteiger partial charge in [0.2, 0.25) is 5.91 Å². The number of carbonyl (C=O) groups is 1. The number of hydrogen-bond acceptors (Lipinski definition) is 5. The second kappa shape index (κ2) is 10.0. The van der Waals surface area contributed by atoms with Gasteiger partial charge in [-0.25, -0.2) is 9.07 Å². The van der Waals surface area contributed by atoms with Crippen LogP contribution >= 0.6 is 11.6 Å². The van der Waals surface area contributed by atoms with Crippen molar-refractivity contribution in [1.82, 2.24) is 14.7 Å². The van der Waals surface area contributed by atoms with E-state index in [1.165, 1.54) is 25.4 Å². The molecule has 7 nitrogen and oxygen atoms in total. The Kier molecular flexibility index (Phi) is 7.42. The average molecular weight is 458 g/mol. The van der Waals surface area contributed by atoms with Crippen molar-refractivity contribution >= 4 is 28.9 Å². The fraction of sp³-hybridized carbons (Fsp3) is 0.450. The van der Waals surface area contributed by atoms with Crippen LogP contribution in [-0.2, 0) is 11.8 Å². The number of nitrogens with zero attached hydrogens (tertiary/aromatic N) is 4. The summed E-state index contributed by atoms with van der Waals surface area (Å²) in [6.45, 7) is -2.05. The molecule has 1 aliphatic rings. The highest BCUT2D eigenvalue weighted by Crippen LogP contribution is 2.31. The summed E-state index contributed by atoms with van der Waals surface area (Å²) in [5.74, 6) is -0.920. The van der Waals surface area contributed by atoms with Crippen molar-refractivity contribution in [3.63, 3.8) is 0 Å². The van der Waals surface area contributed by atoms with Crippen LogP contribution in [0.3, 0.4) is 0 Å². The van der Waals surface area contributed by atoms with Crippen molar-refractivity contribution in [2.24, 2.45) is 13.0 Å². The van der Waals surface area contributed by atoms with Gasteiger partial charge in [0.1, 0.15) is 11.5 Å². The smallest absolute Gasteiger partial charge is 0.315 e. The summed E-state index contributed by atoms with van der Waals surface area (Å²) in [5, 5.41) is 6.69. The monoisotopic (exact) mass is 457 g/mol. The zero-order valence-corrected chi connectivity index (χ0v) is 17.7. The van der Waals surface area contributed by atoms with Crippen LogP contribution in [0.25, 0.3) is 0 Å². The lowest BCUT2D eigenvalue weighted by molar-refractivity contribution is -0.130. The Morgan fingerprint density at radius 2 is 2.03 bits per heavy atom. The summed E-state index contributed by atoms with van der Waals surface area (Å²) >= 11 is 5.99. The van der Waals surface area contributed by atoms with E-state index in [2.05, 4.69) is 10.4 Å². The van der Waals surface area contributed by atoms with Crippen LogP contribution < -0.4 is 15.8 Å². The minimum atomic E-state index is -2.83. The van der Waals surface area contributed by atoms with Crippen molar-refractivity contribution in [1.29, 1.82) is 0 Å². The number of benzene rings is 1. The molecule has 0 saturated carbocycles. The van der Waals surface area contributed by atoms with Crippen molar-refractivity contribution in [2.45, 2.75) is 19.4 Å². The number of alkyl halides is 2. The van der Waals surface area contributed by atoms with Crippen LogP contribution in [0.1, 0.15) is 12.8 Å². The second-order valence-electron chi connectivity index (χ2n) is 7.38. The van der Waals surface area contributed by atoms with Crippen LogP contribution in [0.4, 0.5) is 24.5 Å². The Morgan fingerprint density at radius 1 is 1.32 bits per heavy atom. The van der Waals surface area contributed by atoms with Gasteiger partial charge in [-0.2, -0.15) is 13.9 Å². The zero-order chi connectivity index (χ0) is 22.5. The third kappa shape index (κ3) is 5.69. The van der Waals surface area contributed by atoms with E-state index in [-0.39, 0.29) is 46.9 Å². The minimum Gasteiger partial charge on any atom is -0.372 e. The summed E-state index contributed by atoms with van der Waals surface area (Å²) in [7, 11) is 1.51. The molecule has 2 heterocycles. The predicted molar refractivity (Wildman–Crippen MR) is 112 cm³/mol. The molecule has 1 saturated heterocycles. The molecule has 168 valence electrons. The average Bonchev–Trinajstić information content (AvgIpc) is 2.75. The Hall–Kier alpha value is -2.75. The van der Waals surface area contributed by atoms with Gasteiger partial charge in [0.05, 0.1) is 17.3 Å². The molecule has 1 fully saturated rings. The van der Waals surface area contributed by atoms with Gasteiger partial charge in [-0.3, -0.25) is 9.59 Å². The highest BCUT2D eigenvalue weighted by atomic mass is 35.5. The molecule has 1 aliphatic heterocycles. The van der Waals surface area contributed by atoms with Crippen molar-refractivity contribution in [2.75, 3.05) is 36.4 Å². The summed E-state index contributed by atoms with van der Waals surface area (Å²) < 4.78 is 41.9. The maximum absolute atomic E-state index is 13.6. The lowest BCUT2D eigenvalue weighted by Crippen LogP contribution is -2.44. The first-order valence-electron chi connectivity index (χ1n) is 9.80. The fourth-order valence-electron chi connectivity index (χ4n) is 3.56. The second-order valence-corrected chi connectivity index (χ2v) is 7.78. The first kappa shape index (κ1) is 22.9. The Bertz CT molecular complexity index is 980. The lowest BCUT2D eigenvalue weighted by Gasteiger charge is -2.35. The third-order valence-corrected chi connectivity index (χ3v) is 5.63. The minimum absolute atomic E-state index is 0.00811. The molecule has 0 aliphatic carbocycles. The van der Waals surface area contributed by atoms with Gasteiger partial charge in [0.15, 0.2) is 0 Å². The number of aryl methyl sites for hydroxylation is 1. The molecule has 31 heavy (non-hydrogen) atoms. The number of likely N-dealkylation sites (tertiary alicyclic amines) is 1. The molecule has 0 unspecified atom stereocenters. The van der Waals surface area contributed by atoms with Gasteiger partial charge in [-0.05, 0) is 43.0 Å². The van der Waals surface area contributed by atoms with Gasteiger partial charge in [0.25, 0.3) is 5.56 Å². The van der Waals surface area contributed by atoms with Gasteiger partial charge < -0.3 is 15.1 Å². The first-order valence-corrected chi connectivity index (χ1v) is 10.2. The number of amides is 1. The number of nitrogens with one attached hydrogen (secondary N) is 1. The number of anilines is 2. The number of carbonyl (C=O) groups excluding carboxylic acids is 1. The quantitative estimate of drug-likeness (QED) is 0.647. The van der Waals surface area contributed by atoms with Gasteiger partial charge in [-0.15, -0.1) is 0 Å². The van der Waals surface area contributed by atoms with Crippen molar-refractivity contribution in [3.05, 3.63) is 51.7 Å². The normalized spacial score (nSPS) is 14.7. The van der Waals surface area contributed by atoms with Crippen LogP contribution in [0, 0.1) is 11.7 Å². The molecular weight excluding hydrogens is 435 g/mol. The number of rotatable bonds is 7. The Balaban J connectivity index is 1.54. The van der Waals surface area contributed by atoms with Crippen LogP contribution in [0.5, 0.6) is 0 Å². The van der Waals surface area contributed by atoms with Crippen LogP contribution in [0.15, 0.2) is 35.3 Å². The van der Waals surface area contributed by atoms with Gasteiger partial charge in [0, 0.05) is 32.9 Å². The SMILES string of the molecule is Cn1nccc(NCC(=O)N2CCC(CN(c3cc(F)ccc3Cl)C(F)F)CC2)c1=O. The fourth-order valence-corrected chi connectivity index (χ4v) is 3.78. The molecule has 3 rings (SSSR count). The maximum Gasteiger partial charge on any atom is 0.315 e. The summed E-state index contributed by atoms with van der Waals surface area (Å²) in [5.41, 5.74) is -0.101. The van der Waals surface area contributed by atoms with E-state index in [9.17, 15) is 22.8 Å². The van der Waals surface area contributed by atoms with E-state index in [0.717, 1.165) is 21.7 Å². The lowest BCUT2D eigenvalue weighted by atomic mass is 9.96. The predicted octanol–water partition coefficient (Wildman–Crippen LogP) is 2.95.